The highest BCUT2D eigenvalue weighted by Crippen LogP contribution is 2.16. The van der Waals surface area contributed by atoms with Gasteiger partial charge in [0.15, 0.2) is 0 Å². The fourth-order valence-electron chi connectivity index (χ4n) is 2.97. The number of hydrogen-bond donors (Lipinski definition) is 0. The first-order valence-corrected chi connectivity index (χ1v) is 9.45. The molecule has 0 bridgehead atoms. The third kappa shape index (κ3) is 4.12. The van der Waals surface area contributed by atoms with Crippen molar-refractivity contribution in [2.45, 2.75) is 52.5 Å². The Bertz CT molecular complexity index is 723. The summed E-state index contributed by atoms with van der Waals surface area (Å²) in [7, 11) is 2.07. The van der Waals surface area contributed by atoms with Crippen LogP contribution in [0.15, 0.2) is 28.4 Å². The summed E-state index contributed by atoms with van der Waals surface area (Å²) in [5.74, 6) is 0.906. The summed E-state index contributed by atoms with van der Waals surface area (Å²) in [6.45, 7) is 8.46. The molecule has 1 aliphatic heterocycles. The van der Waals surface area contributed by atoms with Gasteiger partial charge < -0.3 is 0 Å². The van der Waals surface area contributed by atoms with Gasteiger partial charge >= 0.3 is 0 Å². The lowest BCUT2D eigenvalue weighted by Gasteiger charge is -2.22. The summed E-state index contributed by atoms with van der Waals surface area (Å²) < 4.78 is 1.85. The Morgan fingerprint density at radius 3 is 2.92 bits per heavy atom. The highest BCUT2D eigenvalue weighted by Gasteiger charge is 2.18. The molecule has 0 saturated carbocycles. The molecule has 2 aromatic heterocycles. The van der Waals surface area contributed by atoms with Crippen molar-refractivity contribution in [3.63, 3.8) is 0 Å². The molecule has 0 spiro atoms. The van der Waals surface area contributed by atoms with E-state index in [0.717, 1.165) is 44.1 Å². The van der Waals surface area contributed by atoms with Crippen molar-refractivity contribution >= 4 is 11.3 Å². The van der Waals surface area contributed by atoms with E-state index in [0.29, 0.717) is 12.6 Å². The van der Waals surface area contributed by atoms with Gasteiger partial charge in [0, 0.05) is 43.2 Å². The Kier molecular flexibility index (Phi) is 5.48. The maximum Gasteiger partial charge on any atom is 0.253 e. The van der Waals surface area contributed by atoms with Crippen molar-refractivity contribution in [3.05, 3.63) is 50.3 Å². The minimum atomic E-state index is 0.0881. The normalized spacial score (nSPS) is 15.7. The van der Waals surface area contributed by atoms with Crippen molar-refractivity contribution in [2.75, 3.05) is 13.6 Å². The average Bonchev–Trinajstić information content (AvgIpc) is 2.93. The van der Waals surface area contributed by atoms with Gasteiger partial charge in [-0.25, -0.2) is 4.98 Å². The number of nitrogens with zero attached hydrogens (tertiary/aromatic N) is 4. The lowest BCUT2D eigenvalue weighted by molar-refractivity contribution is 0.254. The van der Waals surface area contributed by atoms with Crippen LogP contribution in [0.1, 0.15) is 36.7 Å². The molecule has 5 nitrogen and oxygen atoms in total. The van der Waals surface area contributed by atoms with Crippen LogP contribution in [-0.4, -0.2) is 39.0 Å². The second-order valence-corrected chi connectivity index (χ2v) is 7.84. The maximum atomic E-state index is 12.5. The smallest absolute Gasteiger partial charge is 0.253 e. The molecule has 2 aromatic rings. The van der Waals surface area contributed by atoms with Gasteiger partial charge in [-0.2, -0.15) is 0 Å². The van der Waals surface area contributed by atoms with E-state index in [9.17, 15) is 4.79 Å². The van der Waals surface area contributed by atoms with E-state index in [-0.39, 0.29) is 5.56 Å². The lowest BCUT2D eigenvalue weighted by Crippen LogP contribution is -2.30. The van der Waals surface area contributed by atoms with E-state index in [4.69, 9.17) is 4.98 Å². The molecule has 3 heterocycles. The molecular weight excluding hydrogens is 320 g/mol. The fraction of sp³-hybridized carbons (Fsp3) is 0.556. The van der Waals surface area contributed by atoms with Gasteiger partial charge in [-0.3, -0.25) is 19.2 Å². The minimum Gasteiger partial charge on any atom is -0.298 e. The Morgan fingerprint density at radius 1 is 1.38 bits per heavy atom. The highest BCUT2D eigenvalue weighted by atomic mass is 32.1. The Hall–Kier alpha value is -1.50. The first-order valence-electron chi connectivity index (χ1n) is 8.57. The summed E-state index contributed by atoms with van der Waals surface area (Å²) >= 11 is 1.79. The van der Waals surface area contributed by atoms with Crippen LogP contribution in [0.3, 0.4) is 0 Å². The molecule has 0 N–H and O–H groups in total. The van der Waals surface area contributed by atoms with E-state index < -0.39 is 0 Å². The molecule has 0 fully saturated rings. The van der Waals surface area contributed by atoms with Gasteiger partial charge in [0.25, 0.3) is 5.56 Å². The molecule has 0 aliphatic carbocycles. The molecule has 0 amide bonds. The number of hydrogen-bond acceptors (Lipinski definition) is 5. The second kappa shape index (κ2) is 7.59. The first kappa shape index (κ1) is 17.3. The van der Waals surface area contributed by atoms with E-state index in [1.54, 1.807) is 17.4 Å². The van der Waals surface area contributed by atoms with Crippen LogP contribution in [0.5, 0.6) is 0 Å². The SMILES string of the molecule is CC(C)N(C)Cc1cc(=O)n2c(n1)CN(Cc1cccs1)CCC2. The zero-order chi connectivity index (χ0) is 17.1. The molecule has 0 aromatic carbocycles. The Balaban J connectivity index is 1.81. The summed E-state index contributed by atoms with van der Waals surface area (Å²) in [5, 5.41) is 2.11. The van der Waals surface area contributed by atoms with Crippen molar-refractivity contribution < 1.29 is 0 Å². The predicted octanol–water partition coefficient (Wildman–Crippen LogP) is 2.55. The largest absolute Gasteiger partial charge is 0.298 e. The average molecular weight is 347 g/mol. The van der Waals surface area contributed by atoms with Gasteiger partial charge in [0.2, 0.25) is 0 Å². The molecule has 0 radical (unpaired) electrons. The van der Waals surface area contributed by atoms with Gasteiger partial charge in [-0.15, -0.1) is 11.3 Å². The monoisotopic (exact) mass is 346 g/mol. The quantitative estimate of drug-likeness (QED) is 0.834. The van der Waals surface area contributed by atoms with Gasteiger partial charge in [-0.05, 0) is 38.8 Å². The van der Waals surface area contributed by atoms with Crippen LogP contribution in [0.4, 0.5) is 0 Å². The van der Waals surface area contributed by atoms with Crippen LogP contribution in [-0.2, 0) is 26.2 Å². The molecule has 1 aliphatic rings. The summed E-state index contributed by atoms with van der Waals surface area (Å²) in [6, 6.07) is 6.40. The van der Waals surface area contributed by atoms with E-state index >= 15 is 0 Å². The van der Waals surface area contributed by atoms with E-state index in [1.807, 2.05) is 4.57 Å². The Labute approximate surface area is 147 Å². The summed E-state index contributed by atoms with van der Waals surface area (Å²) in [5.41, 5.74) is 0.963. The van der Waals surface area contributed by atoms with Gasteiger partial charge in [0.05, 0.1) is 12.2 Å². The highest BCUT2D eigenvalue weighted by molar-refractivity contribution is 7.09. The standard InChI is InChI=1S/C18H26N4OS/c1-14(2)20(3)11-15-10-18(23)22-8-5-7-21(13-17(22)19-15)12-16-6-4-9-24-16/h4,6,9-10,14H,5,7-8,11-13H2,1-3H3. The van der Waals surface area contributed by atoms with Crippen molar-refractivity contribution in [1.82, 2.24) is 19.4 Å². The molecule has 3 rings (SSSR count). The Morgan fingerprint density at radius 2 is 2.21 bits per heavy atom. The number of aromatic nitrogens is 2. The molecule has 0 atom stereocenters. The molecule has 6 heteroatoms. The number of thiophene rings is 1. The van der Waals surface area contributed by atoms with Crippen molar-refractivity contribution in [3.8, 4) is 0 Å². The van der Waals surface area contributed by atoms with Crippen LogP contribution in [0.25, 0.3) is 0 Å². The van der Waals surface area contributed by atoms with Gasteiger partial charge in [0.1, 0.15) is 5.82 Å². The molecule has 130 valence electrons. The molecule has 0 saturated heterocycles. The van der Waals surface area contributed by atoms with E-state index in [1.165, 1.54) is 4.88 Å². The topological polar surface area (TPSA) is 41.4 Å². The first-order chi connectivity index (χ1) is 11.5. The maximum absolute atomic E-state index is 12.5. The minimum absolute atomic E-state index is 0.0881. The van der Waals surface area contributed by atoms with Crippen LogP contribution < -0.4 is 5.56 Å². The van der Waals surface area contributed by atoms with E-state index in [2.05, 4.69) is 48.2 Å². The van der Waals surface area contributed by atoms with Crippen LogP contribution in [0, 0.1) is 0 Å². The summed E-state index contributed by atoms with van der Waals surface area (Å²) in [6.07, 6.45) is 0.991. The van der Waals surface area contributed by atoms with Gasteiger partial charge in [-0.1, -0.05) is 6.07 Å². The molecular formula is C18H26N4OS. The van der Waals surface area contributed by atoms with Crippen molar-refractivity contribution in [2.24, 2.45) is 0 Å². The third-order valence-corrected chi connectivity index (χ3v) is 5.48. The second-order valence-electron chi connectivity index (χ2n) is 6.81. The number of fused-ring (bicyclic) bond motifs is 1. The number of rotatable bonds is 5. The van der Waals surface area contributed by atoms with Crippen LogP contribution in [0.2, 0.25) is 0 Å². The lowest BCUT2D eigenvalue weighted by atomic mass is 10.3. The van der Waals surface area contributed by atoms with Crippen molar-refractivity contribution in [1.29, 1.82) is 0 Å². The zero-order valence-electron chi connectivity index (χ0n) is 14.7. The molecule has 24 heavy (non-hydrogen) atoms. The molecule has 0 unspecified atom stereocenters. The summed E-state index contributed by atoms with van der Waals surface area (Å²) in [4.78, 5) is 23.3. The fourth-order valence-corrected chi connectivity index (χ4v) is 3.72. The van der Waals surface area contributed by atoms with Crippen LogP contribution >= 0.6 is 11.3 Å². The third-order valence-electron chi connectivity index (χ3n) is 4.61. The zero-order valence-corrected chi connectivity index (χ0v) is 15.6. The predicted molar refractivity (Wildman–Crippen MR) is 98.2 cm³/mol.